The monoisotopic (exact) mass is 184 g/mol. The summed E-state index contributed by atoms with van der Waals surface area (Å²) in [6, 6.07) is 0. The predicted octanol–water partition coefficient (Wildman–Crippen LogP) is 0.988. The Morgan fingerprint density at radius 1 is 1.54 bits per heavy atom. The highest BCUT2D eigenvalue weighted by Gasteiger charge is 2.07. The van der Waals surface area contributed by atoms with Crippen LogP contribution in [0.25, 0.3) is 5.73 Å². The summed E-state index contributed by atoms with van der Waals surface area (Å²) in [4.78, 5) is 2.30. The molecule has 0 atom stereocenters. The van der Waals surface area contributed by atoms with Crippen LogP contribution >= 0.6 is 0 Å². The molecule has 0 spiro atoms. The van der Waals surface area contributed by atoms with Crippen LogP contribution < -0.4 is 4.68 Å². The smallest absolute Gasteiger partial charge is 0.222 e. The van der Waals surface area contributed by atoms with Crippen LogP contribution in [0.2, 0.25) is 0 Å². The molecule has 1 aromatic heterocycles. The second-order valence-corrected chi connectivity index (χ2v) is 2.86. The van der Waals surface area contributed by atoms with E-state index >= 15 is 0 Å². The first kappa shape index (κ1) is 9.98. The quantitative estimate of drug-likeness (QED) is 0.641. The van der Waals surface area contributed by atoms with Gasteiger partial charge < -0.3 is 10.3 Å². The number of rotatable bonds is 5. The topological polar surface area (TPSA) is 57.0 Å². The first-order valence-electron chi connectivity index (χ1n) is 4.56. The molecule has 5 nitrogen and oxygen atoms in total. The molecule has 0 fully saturated rings. The number of aromatic nitrogens is 2. The number of hydrogen-bond acceptors (Lipinski definition) is 3. The number of nitrogens with zero attached hydrogens (tertiary/aromatic N) is 3. The maximum atomic E-state index is 7.13. The van der Waals surface area contributed by atoms with Crippen molar-refractivity contribution >= 4 is 5.88 Å². The zero-order chi connectivity index (χ0) is 9.68. The van der Waals surface area contributed by atoms with Gasteiger partial charge in [0.05, 0.1) is 6.54 Å². The van der Waals surface area contributed by atoms with Gasteiger partial charge in [-0.1, -0.05) is 18.5 Å². The molecule has 0 bridgehead atoms. The summed E-state index contributed by atoms with van der Waals surface area (Å²) in [5.41, 5.74) is 7.13. The van der Waals surface area contributed by atoms with Crippen molar-refractivity contribution in [3.05, 3.63) is 11.9 Å². The third-order valence-corrected chi connectivity index (χ3v) is 2.05. The van der Waals surface area contributed by atoms with Gasteiger partial charge in [0.1, 0.15) is 5.88 Å². The van der Waals surface area contributed by atoms with E-state index in [1.807, 2.05) is 0 Å². The Morgan fingerprint density at radius 2 is 2.23 bits per heavy atom. The largest absolute Gasteiger partial charge is 0.660 e. The van der Waals surface area contributed by atoms with Crippen LogP contribution in [-0.4, -0.2) is 29.8 Å². The van der Waals surface area contributed by atoms with Gasteiger partial charge in [0.2, 0.25) is 6.20 Å². The molecule has 13 heavy (non-hydrogen) atoms. The van der Waals surface area contributed by atoms with Gasteiger partial charge in [-0.2, -0.15) is 0 Å². The van der Waals surface area contributed by atoms with E-state index in [4.69, 9.17) is 5.73 Å². The number of likely N-dealkylation sites (N-methyl/N-ethyl adjacent to an activating group) is 1. The van der Waals surface area contributed by atoms with Gasteiger partial charge in [0, 0.05) is 0 Å². The molecule has 0 saturated carbocycles. The lowest BCUT2D eigenvalue weighted by Gasteiger charge is -2.14. The third-order valence-electron chi connectivity index (χ3n) is 2.05. The van der Waals surface area contributed by atoms with E-state index in [1.54, 1.807) is 10.9 Å². The molecule has 1 rings (SSSR count). The van der Waals surface area contributed by atoms with Crippen LogP contribution in [0.1, 0.15) is 13.8 Å². The third kappa shape index (κ3) is 3.02. The fourth-order valence-electron chi connectivity index (χ4n) is 1.17. The minimum Gasteiger partial charge on any atom is -0.660 e. The van der Waals surface area contributed by atoms with Gasteiger partial charge in [-0.05, 0) is 13.1 Å². The standard InChI is InChI=1S/C8H16N4O/c1-3-11(4-2)5-6-12-7-8(9)13-10-12/h7,9H,3-6H2,1-2H3. The molecular formula is C8H16N4O. The van der Waals surface area contributed by atoms with Gasteiger partial charge in [0.25, 0.3) is 0 Å². The molecule has 0 aliphatic rings. The molecule has 0 unspecified atom stereocenters. The summed E-state index contributed by atoms with van der Waals surface area (Å²) < 4.78 is 6.28. The number of nitrogens with one attached hydrogen (secondary N) is 1. The highest BCUT2D eigenvalue weighted by atomic mass is 16.5. The lowest BCUT2D eigenvalue weighted by atomic mass is 10.5. The van der Waals surface area contributed by atoms with Gasteiger partial charge in [0.15, 0.2) is 11.8 Å². The van der Waals surface area contributed by atoms with Crippen LogP contribution in [0.4, 0.5) is 5.88 Å². The van der Waals surface area contributed by atoms with Gasteiger partial charge in [-0.3, -0.25) is 4.90 Å². The first-order chi connectivity index (χ1) is 6.26. The fourth-order valence-corrected chi connectivity index (χ4v) is 1.17. The van der Waals surface area contributed by atoms with Crippen LogP contribution in [0.15, 0.2) is 10.7 Å². The Balaban J connectivity index is 2.33. The predicted molar refractivity (Wildman–Crippen MR) is 48.5 cm³/mol. The summed E-state index contributed by atoms with van der Waals surface area (Å²) in [5.74, 6) is 0.111. The minimum absolute atomic E-state index is 0.111. The molecule has 0 aliphatic carbocycles. The zero-order valence-corrected chi connectivity index (χ0v) is 8.16. The fraction of sp³-hybridized carbons (Fsp3) is 0.750. The molecule has 1 heterocycles. The Bertz CT molecular complexity index is 244. The van der Waals surface area contributed by atoms with Crippen LogP contribution in [0.5, 0.6) is 0 Å². The van der Waals surface area contributed by atoms with Crippen LogP contribution in [-0.2, 0) is 6.54 Å². The van der Waals surface area contributed by atoms with E-state index in [1.165, 1.54) is 0 Å². The average molecular weight is 184 g/mol. The van der Waals surface area contributed by atoms with Crippen molar-refractivity contribution in [1.82, 2.24) is 10.2 Å². The van der Waals surface area contributed by atoms with Crippen molar-refractivity contribution in [2.75, 3.05) is 19.6 Å². The van der Waals surface area contributed by atoms with Crippen molar-refractivity contribution < 1.29 is 9.20 Å². The maximum absolute atomic E-state index is 7.13. The summed E-state index contributed by atoms with van der Waals surface area (Å²) in [6.45, 7) is 8.08. The lowest BCUT2D eigenvalue weighted by molar-refractivity contribution is -0.761. The van der Waals surface area contributed by atoms with E-state index in [0.29, 0.717) is 0 Å². The molecule has 0 aromatic carbocycles. The van der Waals surface area contributed by atoms with E-state index in [9.17, 15) is 0 Å². The van der Waals surface area contributed by atoms with Crippen molar-refractivity contribution in [1.29, 1.82) is 0 Å². The van der Waals surface area contributed by atoms with Gasteiger partial charge in [-0.15, -0.1) is 0 Å². The Hall–Kier alpha value is -1.10. The summed E-state index contributed by atoms with van der Waals surface area (Å²) >= 11 is 0. The minimum atomic E-state index is 0.111. The molecule has 0 radical (unpaired) electrons. The van der Waals surface area contributed by atoms with Crippen molar-refractivity contribution in [3.8, 4) is 0 Å². The first-order valence-corrected chi connectivity index (χ1v) is 4.56. The Kier molecular flexibility index (Phi) is 3.70. The average Bonchev–Trinajstić information content (AvgIpc) is 2.53. The highest BCUT2D eigenvalue weighted by molar-refractivity contribution is 5.19. The highest BCUT2D eigenvalue weighted by Crippen LogP contribution is 2.00. The molecule has 1 aromatic rings. The molecule has 5 heteroatoms. The molecular weight excluding hydrogens is 168 g/mol. The molecule has 0 saturated heterocycles. The summed E-state index contributed by atoms with van der Waals surface area (Å²) in [7, 11) is 0. The number of hydrogen-bond donors (Lipinski definition) is 0. The normalized spacial score (nSPS) is 11.0. The van der Waals surface area contributed by atoms with E-state index in [2.05, 4.69) is 28.5 Å². The summed E-state index contributed by atoms with van der Waals surface area (Å²) in [6.07, 6.45) is 1.59. The molecule has 74 valence electrons. The lowest BCUT2D eigenvalue weighted by Crippen LogP contribution is -2.41. The van der Waals surface area contributed by atoms with Crippen LogP contribution in [0.3, 0.4) is 0 Å². The van der Waals surface area contributed by atoms with Crippen LogP contribution in [0, 0.1) is 0 Å². The van der Waals surface area contributed by atoms with E-state index < -0.39 is 0 Å². The Labute approximate surface area is 78.1 Å². The summed E-state index contributed by atoms with van der Waals surface area (Å²) in [5, 5.41) is 3.68. The molecule has 0 amide bonds. The van der Waals surface area contributed by atoms with Gasteiger partial charge >= 0.3 is 0 Å². The second kappa shape index (κ2) is 4.81. The van der Waals surface area contributed by atoms with Gasteiger partial charge in [-0.25, -0.2) is 0 Å². The van der Waals surface area contributed by atoms with Crippen molar-refractivity contribution in [2.45, 2.75) is 20.4 Å². The maximum Gasteiger partial charge on any atom is 0.222 e. The Morgan fingerprint density at radius 3 is 2.69 bits per heavy atom. The van der Waals surface area contributed by atoms with E-state index in [-0.39, 0.29) is 5.88 Å². The van der Waals surface area contributed by atoms with Crippen molar-refractivity contribution in [2.24, 2.45) is 0 Å². The van der Waals surface area contributed by atoms with E-state index in [0.717, 1.165) is 26.2 Å². The molecule has 1 N–H and O–H groups in total. The zero-order valence-electron chi connectivity index (χ0n) is 8.16. The van der Waals surface area contributed by atoms with Crippen molar-refractivity contribution in [3.63, 3.8) is 0 Å². The SMILES string of the molecule is CCN(CC)CC[n+]1cc([NH-])on1. The second-order valence-electron chi connectivity index (χ2n) is 2.86. The molecule has 0 aliphatic heterocycles.